The third-order valence-corrected chi connectivity index (χ3v) is 4.66. The first-order valence-corrected chi connectivity index (χ1v) is 9.76. The molecule has 1 aliphatic heterocycles. The fourth-order valence-electron chi connectivity index (χ4n) is 3.18. The molecule has 0 bridgehead atoms. The van der Waals surface area contributed by atoms with Crippen LogP contribution in [0.25, 0.3) is 0 Å². The van der Waals surface area contributed by atoms with E-state index in [2.05, 4.69) is 46.9 Å². The summed E-state index contributed by atoms with van der Waals surface area (Å²) in [5, 5.41) is 11.0. The molecule has 0 spiro atoms. The van der Waals surface area contributed by atoms with Crippen molar-refractivity contribution in [2.75, 3.05) is 13.3 Å². The molecule has 7 heteroatoms. The summed E-state index contributed by atoms with van der Waals surface area (Å²) < 4.78 is 12.7. The maximum atomic E-state index is 5.45. The lowest BCUT2D eigenvalue weighted by Crippen LogP contribution is -2.37. The van der Waals surface area contributed by atoms with E-state index in [9.17, 15) is 0 Å². The summed E-state index contributed by atoms with van der Waals surface area (Å²) in [6, 6.07) is 16.2. The Morgan fingerprint density at radius 3 is 2.76 bits per heavy atom. The highest BCUT2D eigenvalue weighted by molar-refractivity contribution is 5.79. The van der Waals surface area contributed by atoms with Crippen molar-refractivity contribution in [1.82, 2.24) is 20.4 Å². The van der Waals surface area contributed by atoms with Gasteiger partial charge in [0.1, 0.15) is 0 Å². The lowest BCUT2D eigenvalue weighted by atomic mass is 10.1. The Labute approximate surface area is 170 Å². The molecular formula is C22H25N5O2. The number of nitrogens with zero attached hydrogens (tertiary/aromatic N) is 3. The smallest absolute Gasteiger partial charge is 0.231 e. The number of fused-ring (bicyclic) bond motifs is 1. The quantitative estimate of drug-likeness (QED) is 0.479. The Morgan fingerprint density at radius 1 is 1.07 bits per heavy atom. The largest absolute Gasteiger partial charge is 0.454 e. The first-order valence-electron chi connectivity index (χ1n) is 9.76. The SMILES string of the molecule is CCNC(=NCc1ccc2c(c1)OCO2)NCc1ccccc1Cn1cccn1. The van der Waals surface area contributed by atoms with Gasteiger partial charge in [0.15, 0.2) is 17.5 Å². The van der Waals surface area contributed by atoms with E-state index < -0.39 is 0 Å². The molecule has 0 unspecified atom stereocenters. The predicted octanol–water partition coefficient (Wildman–Crippen LogP) is 2.92. The standard InChI is InChI=1S/C22H25N5O2/c1-2-23-22(24-13-17-8-9-20-21(12-17)29-16-28-20)25-14-18-6-3-4-7-19(18)15-27-11-5-10-26-27/h3-12H,2,13-16H2,1H3,(H2,23,24,25). The molecular weight excluding hydrogens is 366 g/mol. The van der Waals surface area contributed by atoms with Crippen LogP contribution in [0.15, 0.2) is 65.9 Å². The minimum absolute atomic E-state index is 0.282. The molecule has 0 fully saturated rings. The molecule has 0 saturated carbocycles. The number of hydrogen-bond donors (Lipinski definition) is 2. The van der Waals surface area contributed by atoms with E-state index in [1.165, 1.54) is 11.1 Å². The van der Waals surface area contributed by atoms with Crippen LogP contribution in [0.3, 0.4) is 0 Å². The Hall–Kier alpha value is -3.48. The topological polar surface area (TPSA) is 72.7 Å². The van der Waals surface area contributed by atoms with E-state index in [1.54, 1.807) is 6.20 Å². The zero-order valence-corrected chi connectivity index (χ0v) is 16.5. The van der Waals surface area contributed by atoms with Crippen LogP contribution in [0.4, 0.5) is 0 Å². The van der Waals surface area contributed by atoms with Gasteiger partial charge in [-0.3, -0.25) is 4.68 Å². The Balaban J connectivity index is 1.41. The highest BCUT2D eigenvalue weighted by Crippen LogP contribution is 2.32. The molecule has 3 aromatic rings. The van der Waals surface area contributed by atoms with Gasteiger partial charge in [-0.25, -0.2) is 4.99 Å². The fraction of sp³-hybridized carbons (Fsp3) is 0.273. The van der Waals surface area contributed by atoms with Crippen LogP contribution in [-0.4, -0.2) is 29.1 Å². The van der Waals surface area contributed by atoms with Crippen LogP contribution in [0.2, 0.25) is 0 Å². The molecule has 0 atom stereocenters. The van der Waals surface area contributed by atoms with E-state index in [-0.39, 0.29) is 6.79 Å². The minimum Gasteiger partial charge on any atom is -0.454 e. The van der Waals surface area contributed by atoms with Crippen molar-refractivity contribution in [2.24, 2.45) is 4.99 Å². The number of rotatable bonds is 7. The number of hydrogen-bond acceptors (Lipinski definition) is 4. The molecule has 2 N–H and O–H groups in total. The molecule has 150 valence electrons. The normalized spacial score (nSPS) is 12.8. The Bertz CT molecular complexity index is 969. The van der Waals surface area contributed by atoms with Gasteiger partial charge in [-0.05, 0) is 41.8 Å². The van der Waals surface area contributed by atoms with Crippen molar-refractivity contribution in [1.29, 1.82) is 0 Å². The molecule has 0 aliphatic carbocycles. The van der Waals surface area contributed by atoms with Crippen LogP contribution in [0.1, 0.15) is 23.6 Å². The number of guanidine groups is 1. The van der Waals surface area contributed by atoms with Crippen molar-refractivity contribution in [3.8, 4) is 11.5 Å². The van der Waals surface area contributed by atoms with Gasteiger partial charge in [-0.1, -0.05) is 30.3 Å². The molecule has 1 aromatic heterocycles. The number of aliphatic imine (C=N–C) groups is 1. The lowest BCUT2D eigenvalue weighted by molar-refractivity contribution is 0.174. The maximum absolute atomic E-state index is 5.45. The fourth-order valence-corrected chi connectivity index (χ4v) is 3.18. The molecule has 0 saturated heterocycles. The summed E-state index contributed by atoms with van der Waals surface area (Å²) in [5.41, 5.74) is 3.53. The average molecular weight is 391 g/mol. The van der Waals surface area contributed by atoms with Gasteiger partial charge < -0.3 is 20.1 Å². The molecule has 4 rings (SSSR count). The molecule has 0 amide bonds. The minimum atomic E-state index is 0.282. The zero-order valence-electron chi connectivity index (χ0n) is 16.5. The van der Waals surface area contributed by atoms with Crippen LogP contribution in [0.5, 0.6) is 11.5 Å². The summed E-state index contributed by atoms with van der Waals surface area (Å²) in [6.07, 6.45) is 3.77. The van der Waals surface area contributed by atoms with E-state index in [4.69, 9.17) is 14.5 Å². The molecule has 2 heterocycles. The first kappa shape index (κ1) is 18.9. The molecule has 0 radical (unpaired) electrons. The first-order chi connectivity index (χ1) is 14.3. The summed E-state index contributed by atoms with van der Waals surface area (Å²) in [5.74, 6) is 2.35. The predicted molar refractivity (Wildman–Crippen MR) is 112 cm³/mol. The third-order valence-electron chi connectivity index (χ3n) is 4.66. The summed E-state index contributed by atoms with van der Waals surface area (Å²) in [7, 11) is 0. The van der Waals surface area contributed by atoms with Crippen LogP contribution in [-0.2, 0) is 19.6 Å². The number of aromatic nitrogens is 2. The van der Waals surface area contributed by atoms with Crippen LogP contribution in [0, 0.1) is 0 Å². The van der Waals surface area contributed by atoms with Crippen molar-refractivity contribution in [3.63, 3.8) is 0 Å². The zero-order chi connectivity index (χ0) is 19.9. The van der Waals surface area contributed by atoms with Gasteiger partial charge in [-0.15, -0.1) is 0 Å². The highest BCUT2D eigenvalue weighted by Gasteiger charge is 2.13. The second kappa shape index (κ2) is 9.14. The van der Waals surface area contributed by atoms with Gasteiger partial charge in [0.05, 0.1) is 13.1 Å². The summed E-state index contributed by atoms with van der Waals surface area (Å²) >= 11 is 0. The maximum Gasteiger partial charge on any atom is 0.231 e. The highest BCUT2D eigenvalue weighted by atomic mass is 16.7. The third kappa shape index (κ3) is 4.87. The second-order valence-corrected chi connectivity index (χ2v) is 6.71. The average Bonchev–Trinajstić information content (AvgIpc) is 3.42. The van der Waals surface area contributed by atoms with E-state index in [1.807, 2.05) is 35.1 Å². The molecule has 7 nitrogen and oxygen atoms in total. The second-order valence-electron chi connectivity index (χ2n) is 6.71. The Morgan fingerprint density at radius 2 is 1.93 bits per heavy atom. The van der Waals surface area contributed by atoms with Crippen LogP contribution >= 0.6 is 0 Å². The number of nitrogens with one attached hydrogen (secondary N) is 2. The molecule has 1 aliphatic rings. The van der Waals surface area contributed by atoms with Gasteiger partial charge in [-0.2, -0.15) is 5.10 Å². The van der Waals surface area contributed by atoms with Crippen molar-refractivity contribution >= 4 is 5.96 Å². The van der Waals surface area contributed by atoms with Crippen molar-refractivity contribution < 1.29 is 9.47 Å². The van der Waals surface area contributed by atoms with Crippen molar-refractivity contribution in [2.45, 2.75) is 26.6 Å². The van der Waals surface area contributed by atoms with Crippen molar-refractivity contribution in [3.05, 3.63) is 77.6 Å². The van der Waals surface area contributed by atoms with Gasteiger partial charge in [0, 0.05) is 25.5 Å². The van der Waals surface area contributed by atoms with E-state index in [0.29, 0.717) is 13.1 Å². The van der Waals surface area contributed by atoms with Gasteiger partial charge in [0.2, 0.25) is 6.79 Å². The lowest BCUT2D eigenvalue weighted by Gasteiger charge is -2.14. The summed E-state index contributed by atoms with van der Waals surface area (Å²) in [4.78, 5) is 4.71. The number of ether oxygens (including phenoxy) is 2. The molecule has 29 heavy (non-hydrogen) atoms. The number of benzene rings is 2. The van der Waals surface area contributed by atoms with E-state index >= 15 is 0 Å². The molecule has 2 aromatic carbocycles. The van der Waals surface area contributed by atoms with Gasteiger partial charge in [0.25, 0.3) is 0 Å². The monoisotopic (exact) mass is 391 g/mol. The van der Waals surface area contributed by atoms with E-state index in [0.717, 1.165) is 36.1 Å². The summed E-state index contributed by atoms with van der Waals surface area (Å²) in [6.45, 7) is 5.12. The Kier molecular flexibility index (Phi) is 5.95. The van der Waals surface area contributed by atoms with Gasteiger partial charge >= 0.3 is 0 Å². The van der Waals surface area contributed by atoms with Crippen LogP contribution < -0.4 is 20.1 Å².